The standard InChI is InChI=1S/C13H13Cl2NO3/c1-12(6-13(12,14)15)11(17)16-5-8-2-3-9-10(4-8)19-7-18-9/h2-4H,5-7H2,1H3,(H,16,17)/t12-/m1/s1. The molecule has 1 aliphatic heterocycles. The second-order valence-corrected chi connectivity index (χ2v) is 6.57. The first kappa shape index (κ1) is 12.9. The van der Waals surface area contributed by atoms with Gasteiger partial charge in [0.15, 0.2) is 11.5 Å². The Balaban J connectivity index is 1.63. The molecule has 0 spiro atoms. The zero-order valence-corrected chi connectivity index (χ0v) is 11.8. The smallest absolute Gasteiger partial charge is 0.231 e. The Morgan fingerprint density at radius 3 is 2.74 bits per heavy atom. The summed E-state index contributed by atoms with van der Waals surface area (Å²) in [5.41, 5.74) is 0.253. The molecule has 1 heterocycles. The highest BCUT2D eigenvalue weighted by Crippen LogP contribution is 2.63. The summed E-state index contributed by atoms with van der Waals surface area (Å²) < 4.78 is 9.57. The van der Waals surface area contributed by atoms with Gasteiger partial charge in [0.2, 0.25) is 12.7 Å². The van der Waals surface area contributed by atoms with E-state index in [1.807, 2.05) is 18.2 Å². The van der Waals surface area contributed by atoms with E-state index >= 15 is 0 Å². The zero-order chi connectivity index (χ0) is 13.7. The molecule has 3 rings (SSSR count). The lowest BCUT2D eigenvalue weighted by molar-refractivity contribution is -0.125. The number of benzene rings is 1. The molecule has 0 aromatic heterocycles. The van der Waals surface area contributed by atoms with Gasteiger partial charge in [-0.25, -0.2) is 0 Å². The van der Waals surface area contributed by atoms with Crippen LogP contribution in [-0.4, -0.2) is 17.0 Å². The van der Waals surface area contributed by atoms with Gasteiger partial charge >= 0.3 is 0 Å². The molecule has 1 aliphatic carbocycles. The number of carbonyl (C=O) groups is 1. The molecular weight excluding hydrogens is 289 g/mol. The molecule has 19 heavy (non-hydrogen) atoms. The highest BCUT2D eigenvalue weighted by atomic mass is 35.5. The van der Waals surface area contributed by atoms with Gasteiger partial charge in [-0.05, 0) is 31.0 Å². The first-order valence-electron chi connectivity index (χ1n) is 5.97. The lowest BCUT2D eigenvalue weighted by atomic mass is 10.1. The Hall–Kier alpha value is -1.13. The SMILES string of the molecule is C[C@]1(C(=O)NCc2ccc3c(c2)OCO3)CC1(Cl)Cl. The van der Waals surface area contributed by atoms with Crippen molar-refractivity contribution in [1.82, 2.24) is 5.32 Å². The van der Waals surface area contributed by atoms with Crippen LogP contribution in [0.25, 0.3) is 0 Å². The number of carbonyl (C=O) groups excluding carboxylic acids is 1. The number of ether oxygens (including phenoxy) is 2. The maximum absolute atomic E-state index is 12.0. The van der Waals surface area contributed by atoms with Gasteiger partial charge in [0.1, 0.15) is 4.33 Å². The lowest BCUT2D eigenvalue weighted by Gasteiger charge is -2.12. The van der Waals surface area contributed by atoms with Crippen molar-refractivity contribution < 1.29 is 14.3 Å². The van der Waals surface area contributed by atoms with Crippen molar-refractivity contribution in [2.24, 2.45) is 5.41 Å². The molecule has 1 atom stereocenters. The highest BCUT2D eigenvalue weighted by Gasteiger charge is 2.67. The molecule has 0 radical (unpaired) electrons. The molecule has 4 nitrogen and oxygen atoms in total. The lowest BCUT2D eigenvalue weighted by Crippen LogP contribution is -2.32. The quantitative estimate of drug-likeness (QED) is 0.873. The zero-order valence-electron chi connectivity index (χ0n) is 10.3. The Morgan fingerprint density at radius 2 is 2.05 bits per heavy atom. The topological polar surface area (TPSA) is 47.6 Å². The van der Waals surface area contributed by atoms with Gasteiger partial charge in [0.05, 0.1) is 5.41 Å². The van der Waals surface area contributed by atoms with Crippen molar-refractivity contribution in [1.29, 1.82) is 0 Å². The molecule has 1 aromatic rings. The normalized spacial score (nSPS) is 26.1. The fourth-order valence-corrected chi connectivity index (χ4v) is 2.78. The summed E-state index contributed by atoms with van der Waals surface area (Å²) in [6.45, 7) is 2.42. The van der Waals surface area contributed by atoms with Gasteiger partial charge in [-0.3, -0.25) is 4.79 Å². The number of nitrogens with one attached hydrogen (secondary N) is 1. The van der Waals surface area contributed by atoms with Crippen LogP contribution in [-0.2, 0) is 11.3 Å². The van der Waals surface area contributed by atoms with Crippen LogP contribution >= 0.6 is 23.2 Å². The number of fused-ring (bicyclic) bond motifs is 1. The summed E-state index contributed by atoms with van der Waals surface area (Å²) >= 11 is 11.9. The van der Waals surface area contributed by atoms with Crippen LogP contribution in [0.5, 0.6) is 11.5 Å². The summed E-state index contributed by atoms with van der Waals surface area (Å²) in [7, 11) is 0. The van der Waals surface area contributed by atoms with Gasteiger partial charge in [0.25, 0.3) is 0 Å². The Kier molecular flexibility index (Phi) is 2.84. The third-order valence-corrected chi connectivity index (χ3v) is 4.75. The summed E-state index contributed by atoms with van der Waals surface area (Å²) in [6.07, 6.45) is 0.482. The maximum atomic E-state index is 12.0. The molecule has 1 aromatic carbocycles. The fraction of sp³-hybridized carbons (Fsp3) is 0.462. The minimum absolute atomic E-state index is 0.129. The average molecular weight is 302 g/mol. The molecule has 0 unspecified atom stereocenters. The van der Waals surface area contributed by atoms with E-state index in [0.717, 1.165) is 11.3 Å². The number of alkyl halides is 2. The van der Waals surface area contributed by atoms with E-state index in [4.69, 9.17) is 32.7 Å². The molecule has 2 aliphatic rings. The molecule has 1 saturated carbocycles. The third-order valence-electron chi connectivity index (χ3n) is 3.65. The van der Waals surface area contributed by atoms with Crippen molar-refractivity contribution in [3.8, 4) is 11.5 Å². The Morgan fingerprint density at radius 1 is 1.37 bits per heavy atom. The minimum Gasteiger partial charge on any atom is -0.454 e. The Labute approximate surface area is 121 Å². The third kappa shape index (κ3) is 2.13. The first-order valence-corrected chi connectivity index (χ1v) is 6.73. The van der Waals surface area contributed by atoms with Crippen LogP contribution in [0, 0.1) is 5.41 Å². The molecule has 1 amide bonds. The predicted octanol–water partition coefficient (Wildman–Crippen LogP) is 2.62. The second kappa shape index (κ2) is 4.18. The van der Waals surface area contributed by atoms with Crippen molar-refractivity contribution in [2.45, 2.75) is 24.2 Å². The molecule has 1 fully saturated rings. The van der Waals surface area contributed by atoms with E-state index in [0.29, 0.717) is 18.7 Å². The number of hydrogen-bond donors (Lipinski definition) is 1. The second-order valence-electron chi connectivity index (χ2n) is 5.08. The molecule has 0 bridgehead atoms. The first-order chi connectivity index (χ1) is 8.92. The van der Waals surface area contributed by atoms with Crippen LogP contribution < -0.4 is 14.8 Å². The number of halogens is 2. The van der Waals surface area contributed by atoms with Crippen LogP contribution in [0.15, 0.2) is 18.2 Å². The van der Waals surface area contributed by atoms with Gasteiger partial charge in [-0.2, -0.15) is 0 Å². The van der Waals surface area contributed by atoms with Crippen molar-refractivity contribution in [3.05, 3.63) is 23.8 Å². The minimum atomic E-state index is -0.939. The van der Waals surface area contributed by atoms with Crippen LogP contribution in [0.1, 0.15) is 18.9 Å². The number of amides is 1. The average Bonchev–Trinajstić information content (AvgIpc) is 2.76. The molecular formula is C13H13Cl2NO3. The highest BCUT2D eigenvalue weighted by molar-refractivity contribution is 6.53. The van der Waals surface area contributed by atoms with E-state index < -0.39 is 9.75 Å². The predicted molar refractivity (Wildman–Crippen MR) is 71.6 cm³/mol. The van der Waals surface area contributed by atoms with E-state index in [9.17, 15) is 4.79 Å². The monoisotopic (exact) mass is 301 g/mol. The van der Waals surface area contributed by atoms with E-state index in [2.05, 4.69) is 5.32 Å². The summed E-state index contributed by atoms with van der Waals surface area (Å²) in [6, 6.07) is 5.57. The van der Waals surface area contributed by atoms with Gasteiger partial charge in [-0.1, -0.05) is 6.07 Å². The summed E-state index contributed by atoms with van der Waals surface area (Å²) in [5, 5.41) is 2.84. The fourth-order valence-electron chi connectivity index (χ4n) is 2.07. The molecule has 0 saturated heterocycles. The van der Waals surface area contributed by atoms with E-state index in [1.54, 1.807) is 6.92 Å². The largest absolute Gasteiger partial charge is 0.454 e. The van der Waals surface area contributed by atoms with E-state index in [-0.39, 0.29) is 12.7 Å². The Bertz CT molecular complexity index is 547. The van der Waals surface area contributed by atoms with Gasteiger partial charge in [-0.15, -0.1) is 23.2 Å². The summed E-state index contributed by atoms with van der Waals surface area (Å²) in [4.78, 5) is 12.0. The number of rotatable bonds is 3. The van der Waals surface area contributed by atoms with Crippen LogP contribution in [0.4, 0.5) is 0 Å². The van der Waals surface area contributed by atoms with Crippen molar-refractivity contribution in [2.75, 3.05) is 6.79 Å². The van der Waals surface area contributed by atoms with Crippen molar-refractivity contribution in [3.63, 3.8) is 0 Å². The summed E-state index contributed by atoms with van der Waals surface area (Å²) in [5.74, 6) is 1.30. The van der Waals surface area contributed by atoms with Crippen LogP contribution in [0.3, 0.4) is 0 Å². The van der Waals surface area contributed by atoms with Crippen LogP contribution in [0.2, 0.25) is 0 Å². The molecule has 1 N–H and O–H groups in total. The van der Waals surface area contributed by atoms with Crippen molar-refractivity contribution >= 4 is 29.1 Å². The van der Waals surface area contributed by atoms with Gasteiger partial charge in [0, 0.05) is 6.54 Å². The molecule has 102 valence electrons. The molecule has 6 heteroatoms. The maximum Gasteiger partial charge on any atom is 0.231 e. The number of hydrogen-bond acceptors (Lipinski definition) is 3. The van der Waals surface area contributed by atoms with Gasteiger partial charge < -0.3 is 14.8 Å². The van der Waals surface area contributed by atoms with E-state index in [1.165, 1.54) is 0 Å².